The van der Waals surface area contributed by atoms with Crippen LogP contribution in [0.5, 0.6) is 0 Å². The van der Waals surface area contributed by atoms with E-state index in [2.05, 4.69) is 20.6 Å². The van der Waals surface area contributed by atoms with E-state index >= 15 is 0 Å². The first-order chi connectivity index (χ1) is 15.7. The summed E-state index contributed by atoms with van der Waals surface area (Å²) in [6, 6.07) is -0.358. The van der Waals surface area contributed by atoms with Crippen molar-refractivity contribution >= 4 is 57.5 Å². The van der Waals surface area contributed by atoms with Crippen LogP contribution in [0.15, 0.2) is 0 Å². The maximum atomic E-state index is 12.7. The van der Waals surface area contributed by atoms with Crippen molar-refractivity contribution in [2.75, 3.05) is 38.3 Å². The van der Waals surface area contributed by atoms with Gasteiger partial charge in [-0.15, -0.1) is 0 Å². The van der Waals surface area contributed by atoms with E-state index in [0.29, 0.717) is 23.8 Å². The summed E-state index contributed by atoms with van der Waals surface area (Å²) in [7, 11) is 1.50. The number of rotatable bonds is 8. The van der Waals surface area contributed by atoms with Crippen LogP contribution in [-0.2, 0) is 4.74 Å². The third-order valence-electron chi connectivity index (χ3n) is 5.14. The summed E-state index contributed by atoms with van der Waals surface area (Å²) in [5.74, 6) is -2.48. The van der Waals surface area contributed by atoms with Gasteiger partial charge in [0, 0.05) is 32.4 Å². The fraction of sp³-hybridized carbons (Fsp3) is 0.474. The highest BCUT2D eigenvalue weighted by Crippen LogP contribution is 2.31. The Morgan fingerprint density at radius 1 is 1.33 bits per heavy atom. The van der Waals surface area contributed by atoms with Gasteiger partial charge in [0.2, 0.25) is 0 Å². The van der Waals surface area contributed by atoms with Crippen molar-refractivity contribution < 1.29 is 28.6 Å². The number of carbonyl (C=O) groups is 3. The Morgan fingerprint density at radius 3 is 2.64 bits per heavy atom. The molecule has 0 radical (unpaired) electrons. The van der Waals surface area contributed by atoms with E-state index in [-0.39, 0.29) is 45.4 Å². The predicted molar refractivity (Wildman–Crippen MR) is 122 cm³/mol. The van der Waals surface area contributed by atoms with Crippen molar-refractivity contribution in [3.8, 4) is 0 Å². The minimum atomic E-state index is -1.30. The quantitative estimate of drug-likeness (QED) is 0.418. The van der Waals surface area contributed by atoms with Gasteiger partial charge in [0.25, 0.3) is 11.8 Å². The van der Waals surface area contributed by atoms with Crippen molar-refractivity contribution in [3.63, 3.8) is 0 Å². The number of aromatic nitrogens is 2. The Bertz CT molecular complexity index is 1060. The van der Waals surface area contributed by atoms with Crippen molar-refractivity contribution in [1.29, 1.82) is 0 Å². The van der Waals surface area contributed by atoms with Crippen LogP contribution in [0.2, 0.25) is 10.0 Å². The number of thiazole rings is 1. The van der Waals surface area contributed by atoms with Crippen molar-refractivity contribution in [1.82, 2.24) is 20.6 Å². The van der Waals surface area contributed by atoms with Crippen LogP contribution in [0.4, 0.5) is 9.52 Å². The largest absolute Gasteiger partial charge is 0.477 e. The summed E-state index contributed by atoms with van der Waals surface area (Å²) in [6.45, 7) is 1.39. The maximum Gasteiger partial charge on any atom is 0.348 e. The molecule has 0 unspecified atom stereocenters. The summed E-state index contributed by atoms with van der Waals surface area (Å²) in [4.78, 5) is 45.1. The molecule has 10 nitrogen and oxygen atoms in total. The molecule has 1 aliphatic rings. The second-order valence-corrected chi connectivity index (χ2v) is 9.00. The SMILES string of the molecule is CO[C@H]1CN(c2nc(C(=O)NCCF)c(C(=O)O)s2)CC[C@H]1NC(=O)c1[nH]c(C)c(Cl)c1Cl. The molecule has 33 heavy (non-hydrogen) atoms. The molecule has 2 aromatic heterocycles. The number of hydrogen-bond donors (Lipinski definition) is 4. The van der Waals surface area contributed by atoms with Gasteiger partial charge in [-0.3, -0.25) is 9.59 Å². The van der Waals surface area contributed by atoms with E-state index in [4.69, 9.17) is 27.9 Å². The third-order valence-corrected chi connectivity index (χ3v) is 7.19. The van der Waals surface area contributed by atoms with E-state index in [9.17, 15) is 23.9 Å². The van der Waals surface area contributed by atoms with E-state index in [0.717, 1.165) is 11.3 Å². The Hall–Kier alpha value is -2.41. The summed E-state index contributed by atoms with van der Waals surface area (Å²) >= 11 is 13.0. The molecule has 2 amide bonds. The lowest BCUT2D eigenvalue weighted by Gasteiger charge is -2.37. The molecule has 3 heterocycles. The zero-order valence-corrected chi connectivity index (χ0v) is 20.0. The smallest absolute Gasteiger partial charge is 0.348 e. The number of nitrogens with zero attached hydrogens (tertiary/aromatic N) is 2. The first-order valence-electron chi connectivity index (χ1n) is 9.88. The standard InChI is InChI=1S/C19H22Cl2FN5O5S/c1-8-11(20)12(21)13(24-8)17(29)25-9-3-6-27(7-10(9)32-2)19-26-14(15(33-19)18(30)31)16(28)23-5-4-22/h9-10,24H,3-7H2,1-2H3,(H,23,28)(H,25,29)(H,30,31)/t9-,10+/m1/s1. The zero-order chi connectivity index (χ0) is 24.3. The molecule has 1 saturated heterocycles. The van der Waals surface area contributed by atoms with E-state index < -0.39 is 30.6 Å². The number of ether oxygens (including phenoxy) is 1. The van der Waals surface area contributed by atoms with Crippen LogP contribution in [0.3, 0.4) is 0 Å². The molecule has 2 aromatic rings. The normalized spacial score (nSPS) is 18.3. The van der Waals surface area contributed by atoms with Gasteiger partial charge in [0.05, 0.1) is 22.2 Å². The fourth-order valence-electron chi connectivity index (χ4n) is 3.45. The number of anilines is 1. The van der Waals surface area contributed by atoms with Gasteiger partial charge in [-0.2, -0.15) is 0 Å². The summed E-state index contributed by atoms with van der Waals surface area (Å²) in [5, 5.41) is 15.4. The second-order valence-electron chi connectivity index (χ2n) is 7.27. The number of aromatic amines is 1. The molecule has 14 heteroatoms. The summed E-state index contributed by atoms with van der Waals surface area (Å²) in [5.41, 5.74) is 0.467. The molecule has 180 valence electrons. The molecule has 3 rings (SSSR count). The van der Waals surface area contributed by atoms with Gasteiger partial charge in [-0.05, 0) is 13.3 Å². The van der Waals surface area contributed by atoms with Crippen molar-refractivity contribution in [2.45, 2.75) is 25.5 Å². The number of halogens is 3. The second kappa shape index (κ2) is 10.7. The highest BCUT2D eigenvalue weighted by Gasteiger charge is 2.34. The average molecular weight is 522 g/mol. The fourth-order valence-corrected chi connectivity index (χ4v) is 4.80. The van der Waals surface area contributed by atoms with Crippen LogP contribution >= 0.6 is 34.5 Å². The van der Waals surface area contributed by atoms with E-state index in [1.807, 2.05) is 0 Å². The Balaban J connectivity index is 1.74. The highest BCUT2D eigenvalue weighted by atomic mass is 35.5. The Morgan fingerprint density at radius 2 is 2.06 bits per heavy atom. The molecule has 1 fully saturated rings. The molecule has 0 aliphatic carbocycles. The number of carboxylic acid groups (broad SMARTS) is 1. The number of carbonyl (C=O) groups excluding carboxylic acids is 2. The molecule has 0 spiro atoms. The lowest BCUT2D eigenvalue weighted by molar-refractivity contribution is 0.0540. The molecule has 0 aromatic carbocycles. The number of methoxy groups -OCH3 is 1. The Labute approximate surface area is 202 Å². The predicted octanol–water partition coefficient (Wildman–Crippen LogP) is 2.51. The average Bonchev–Trinajstić information content (AvgIpc) is 3.35. The molecule has 0 bridgehead atoms. The molecule has 4 N–H and O–H groups in total. The highest BCUT2D eigenvalue weighted by molar-refractivity contribution is 7.17. The van der Waals surface area contributed by atoms with Crippen LogP contribution < -0.4 is 15.5 Å². The number of piperidine rings is 1. The van der Waals surface area contributed by atoms with Gasteiger partial charge in [-0.25, -0.2) is 14.2 Å². The van der Waals surface area contributed by atoms with Gasteiger partial charge in [0.1, 0.15) is 17.2 Å². The van der Waals surface area contributed by atoms with Crippen molar-refractivity contribution in [2.24, 2.45) is 0 Å². The summed E-state index contributed by atoms with van der Waals surface area (Å²) in [6.07, 6.45) is 0.00898. The minimum Gasteiger partial charge on any atom is -0.477 e. The van der Waals surface area contributed by atoms with Crippen LogP contribution in [0, 0.1) is 6.92 Å². The summed E-state index contributed by atoms with van der Waals surface area (Å²) < 4.78 is 17.9. The lowest BCUT2D eigenvalue weighted by atomic mass is 10.0. The Kier molecular flexibility index (Phi) is 8.16. The number of carboxylic acids is 1. The number of alkyl halides is 1. The number of amides is 2. The topological polar surface area (TPSA) is 137 Å². The number of hydrogen-bond acceptors (Lipinski definition) is 7. The van der Waals surface area contributed by atoms with Gasteiger partial charge in [-0.1, -0.05) is 34.5 Å². The first kappa shape index (κ1) is 25.2. The number of H-pyrrole nitrogens is 1. The lowest BCUT2D eigenvalue weighted by Crippen LogP contribution is -2.55. The van der Waals surface area contributed by atoms with E-state index in [1.165, 1.54) is 7.11 Å². The molecular weight excluding hydrogens is 500 g/mol. The van der Waals surface area contributed by atoms with E-state index in [1.54, 1.807) is 11.8 Å². The van der Waals surface area contributed by atoms with Crippen molar-refractivity contribution in [3.05, 3.63) is 32.0 Å². The molecule has 1 aliphatic heterocycles. The van der Waals surface area contributed by atoms with Crippen LogP contribution in [0.25, 0.3) is 0 Å². The van der Waals surface area contributed by atoms with Gasteiger partial charge < -0.3 is 30.4 Å². The molecule has 0 saturated carbocycles. The number of aryl methyl sites for hydroxylation is 1. The zero-order valence-electron chi connectivity index (χ0n) is 17.7. The minimum absolute atomic E-state index is 0.139. The number of aromatic carboxylic acids is 1. The first-order valence-corrected chi connectivity index (χ1v) is 11.5. The number of nitrogens with one attached hydrogen (secondary N) is 3. The molecular formula is C19H22Cl2FN5O5S. The van der Waals surface area contributed by atoms with Gasteiger partial charge in [0.15, 0.2) is 10.8 Å². The monoisotopic (exact) mass is 521 g/mol. The molecule has 2 atom stereocenters. The van der Waals surface area contributed by atoms with Gasteiger partial charge >= 0.3 is 5.97 Å². The maximum absolute atomic E-state index is 12.7. The van der Waals surface area contributed by atoms with Crippen LogP contribution in [0.1, 0.15) is 42.8 Å². The third kappa shape index (κ3) is 5.40. The van der Waals surface area contributed by atoms with Crippen LogP contribution in [-0.4, -0.2) is 78.4 Å².